The van der Waals surface area contributed by atoms with Gasteiger partial charge in [0.1, 0.15) is 0 Å². The third kappa shape index (κ3) is 6.85. The summed E-state index contributed by atoms with van der Waals surface area (Å²) in [4.78, 5) is 25.1. The van der Waals surface area contributed by atoms with Gasteiger partial charge in [-0.05, 0) is 47.7 Å². The molecule has 0 saturated heterocycles. The Labute approximate surface area is 251 Å². The van der Waals surface area contributed by atoms with Gasteiger partial charge in [-0.15, -0.1) is 0 Å². The van der Waals surface area contributed by atoms with Crippen LogP contribution in [-0.2, 0) is 27.7 Å². The van der Waals surface area contributed by atoms with E-state index in [-0.39, 0.29) is 10.5 Å². The summed E-state index contributed by atoms with van der Waals surface area (Å²) in [5, 5.41) is 12.2. The number of hydrogen-bond acceptors (Lipinski definition) is 6. The van der Waals surface area contributed by atoms with Crippen LogP contribution in [0.5, 0.6) is 0 Å². The van der Waals surface area contributed by atoms with E-state index in [0.717, 1.165) is 23.2 Å². The molecule has 9 heteroatoms. The van der Waals surface area contributed by atoms with E-state index in [9.17, 15) is 23.1 Å². The normalized spacial score (nSPS) is 15.0. The SMILES string of the molecule is CCCN1NC(Cc2ccc(-c3ccccc3S(=O)(=O)NC(=O)c3ccccc3)cc2)C(C(=O)O)=C1Cc1ccccc1. The minimum absolute atomic E-state index is 0.0126. The molecular formula is C34H33N3O5S. The molecule has 5 rings (SSSR count). The molecular weight excluding hydrogens is 562 g/mol. The number of hydrogen-bond donors (Lipinski definition) is 3. The Morgan fingerprint density at radius 3 is 2.12 bits per heavy atom. The summed E-state index contributed by atoms with van der Waals surface area (Å²) >= 11 is 0. The first kappa shape index (κ1) is 29.8. The number of sulfonamides is 1. The Morgan fingerprint density at radius 1 is 0.837 bits per heavy atom. The zero-order valence-corrected chi connectivity index (χ0v) is 24.6. The topological polar surface area (TPSA) is 116 Å². The number of hydrazine groups is 1. The Kier molecular flexibility index (Phi) is 9.04. The molecule has 1 aliphatic heterocycles. The average Bonchev–Trinajstić information content (AvgIpc) is 3.34. The summed E-state index contributed by atoms with van der Waals surface area (Å²) in [6.07, 6.45) is 1.80. The molecule has 0 saturated carbocycles. The van der Waals surface area contributed by atoms with Crippen molar-refractivity contribution in [3.05, 3.63) is 137 Å². The fraction of sp³-hybridized carbons (Fsp3) is 0.176. The van der Waals surface area contributed by atoms with Crippen molar-refractivity contribution in [2.24, 2.45) is 0 Å². The Balaban J connectivity index is 1.38. The monoisotopic (exact) mass is 595 g/mol. The number of carboxylic acid groups (broad SMARTS) is 1. The fourth-order valence-corrected chi connectivity index (χ4v) is 6.53. The number of aliphatic carboxylic acids is 1. The molecule has 1 aliphatic rings. The lowest BCUT2D eigenvalue weighted by Gasteiger charge is -2.23. The largest absolute Gasteiger partial charge is 0.478 e. The van der Waals surface area contributed by atoms with E-state index < -0.39 is 27.9 Å². The number of nitrogens with one attached hydrogen (secondary N) is 2. The van der Waals surface area contributed by atoms with Crippen LogP contribution in [0.2, 0.25) is 0 Å². The van der Waals surface area contributed by atoms with Crippen LogP contribution >= 0.6 is 0 Å². The number of carbonyl (C=O) groups is 2. The molecule has 1 unspecified atom stereocenters. The summed E-state index contributed by atoms with van der Waals surface area (Å²) in [7, 11) is -4.16. The van der Waals surface area contributed by atoms with Gasteiger partial charge in [-0.25, -0.2) is 23.4 Å². The molecule has 1 atom stereocenters. The van der Waals surface area contributed by atoms with Crippen LogP contribution in [0.4, 0.5) is 0 Å². The van der Waals surface area contributed by atoms with Gasteiger partial charge in [0, 0.05) is 29.8 Å². The van der Waals surface area contributed by atoms with E-state index in [2.05, 4.69) is 17.1 Å². The fourth-order valence-electron chi connectivity index (χ4n) is 5.32. The van der Waals surface area contributed by atoms with Gasteiger partial charge in [-0.3, -0.25) is 4.79 Å². The lowest BCUT2D eigenvalue weighted by atomic mass is 9.95. The van der Waals surface area contributed by atoms with Crippen LogP contribution in [-0.4, -0.2) is 43.0 Å². The van der Waals surface area contributed by atoms with E-state index in [1.165, 1.54) is 6.07 Å². The first-order valence-corrected chi connectivity index (χ1v) is 15.6. The number of carbonyl (C=O) groups excluding carboxylic acids is 1. The maximum absolute atomic E-state index is 13.2. The second-order valence-electron chi connectivity index (χ2n) is 10.4. The van der Waals surface area contributed by atoms with Gasteiger partial charge >= 0.3 is 5.97 Å². The molecule has 0 bridgehead atoms. The predicted octanol–water partition coefficient (Wildman–Crippen LogP) is 5.20. The van der Waals surface area contributed by atoms with Crippen molar-refractivity contribution < 1.29 is 23.1 Å². The summed E-state index contributed by atoms with van der Waals surface area (Å²) < 4.78 is 28.7. The minimum Gasteiger partial charge on any atom is -0.478 e. The van der Waals surface area contributed by atoms with Crippen LogP contribution in [0.25, 0.3) is 11.1 Å². The van der Waals surface area contributed by atoms with Crippen molar-refractivity contribution in [1.29, 1.82) is 0 Å². The molecule has 8 nitrogen and oxygen atoms in total. The van der Waals surface area contributed by atoms with Crippen molar-refractivity contribution in [2.45, 2.75) is 37.1 Å². The van der Waals surface area contributed by atoms with Crippen molar-refractivity contribution in [3.63, 3.8) is 0 Å². The average molecular weight is 596 g/mol. The second kappa shape index (κ2) is 13.1. The summed E-state index contributed by atoms with van der Waals surface area (Å²) in [6.45, 7) is 2.74. The van der Waals surface area contributed by atoms with Crippen LogP contribution in [0.1, 0.15) is 34.8 Å². The molecule has 3 N–H and O–H groups in total. The van der Waals surface area contributed by atoms with Crippen LogP contribution in [0.15, 0.2) is 125 Å². The third-order valence-electron chi connectivity index (χ3n) is 7.33. The Bertz CT molecular complexity index is 1740. The smallest absolute Gasteiger partial charge is 0.335 e. The molecule has 1 heterocycles. The first-order valence-electron chi connectivity index (χ1n) is 14.1. The van der Waals surface area contributed by atoms with Crippen molar-refractivity contribution >= 4 is 21.9 Å². The molecule has 1 amide bonds. The van der Waals surface area contributed by atoms with Gasteiger partial charge in [0.2, 0.25) is 0 Å². The lowest BCUT2D eigenvalue weighted by Crippen LogP contribution is -2.39. The summed E-state index contributed by atoms with van der Waals surface area (Å²) in [5.41, 5.74) is 7.81. The van der Waals surface area contributed by atoms with E-state index in [1.807, 2.05) is 59.6 Å². The van der Waals surface area contributed by atoms with Crippen molar-refractivity contribution in [3.8, 4) is 11.1 Å². The van der Waals surface area contributed by atoms with Crippen LogP contribution in [0.3, 0.4) is 0 Å². The first-order chi connectivity index (χ1) is 20.8. The highest BCUT2D eigenvalue weighted by atomic mass is 32.2. The van der Waals surface area contributed by atoms with Crippen molar-refractivity contribution in [1.82, 2.24) is 15.2 Å². The summed E-state index contributed by atoms with van der Waals surface area (Å²) in [6, 6.07) is 31.5. The molecule has 0 spiro atoms. The number of benzene rings is 4. The van der Waals surface area contributed by atoms with Gasteiger partial charge in [-0.2, -0.15) is 0 Å². The number of allylic oxidation sites excluding steroid dienone is 1. The number of amides is 1. The highest BCUT2D eigenvalue weighted by Gasteiger charge is 2.35. The Hall–Kier alpha value is -4.73. The van der Waals surface area contributed by atoms with Gasteiger partial charge in [-0.1, -0.05) is 97.9 Å². The van der Waals surface area contributed by atoms with E-state index in [1.54, 1.807) is 48.5 Å². The van der Waals surface area contributed by atoms with Crippen molar-refractivity contribution in [2.75, 3.05) is 6.54 Å². The molecule has 220 valence electrons. The summed E-state index contributed by atoms with van der Waals surface area (Å²) in [5.74, 6) is -1.66. The second-order valence-corrected chi connectivity index (χ2v) is 12.0. The quantitative estimate of drug-likeness (QED) is 0.218. The predicted molar refractivity (Wildman–Crippen MR) is 165 cm³/mol. The van der Waals surface area contributed by atoms with E-state index in [0.29, 0.717) is 36.1 Å². The maximum atomic E-state index is 13.2. The van der Waals surface area contributed by atoms with E-state index >= 15 is 0 Å². The molecule has 4 aromatic rings. The minimum atomic E-state index is -4.16. The molecule has 0 radical (unpaired) electrons. The number of rotatable bonds is 11. The highest BCUT2D eigenvalue weighted by molar-refractivity contribution is 7.90. The molecule has 0 aromatic heterocycles. The van der Waals surface area contributed by atoms with E-state index in [4.69, 9.17) is 0 Å². The zero-order chi connectivity index (χ0) is 30.4. The van der Waals surface area contributed by atoms with Gasteiger partial charge in [0.05, 0.1) is 16.5 Å². The maximum Gasteiger partial charge on any atom is 0.335 e. The standard InChI is InChI=1S/C34H33N3O5S/c1-2-21-37-30(23-24-11-5-3-6-12-24)32(34(39)40)29(35-37)22-25-17-19-26(20-18-25)28-15-9-10-16-31(28)43(41,42)36-33(38)27-13-7-4-8-14-27/h3-20,29,35H,2,21-23H2,1H3,(H,36,38)(H,39,40). The van der Waals surface area contributed by atoms with Gasteiger partial charge in [0.25, 0.3) is 15.9 Å². The van der Waals surface area contributed by atoms with Gasteiger partial charge in [0.15, 0.2) is 0 Å². The third-order valence-corrected chi connectivity index (χ3v) is 8.72. The molecule has 4 aromatic carbocycles. The highest BCUT2D eigenvalue weighted by Crippen LogP contribution is 2.30. The molecule has 0 fully saturated rings. The van der Waals surface area contributed by atoms with Gasteiger partial charge < -0.3 is 10.1 Å². The number of carboxylic acids is 1. The number of nitrogens with zero attached hydrogens (tertiary/aromatic N) is 1. The molecule has 0 aliphatic carbocycles. The zero-order valence-electron chi connectivity index (χ0n) is 23.7. The van der Waals surface area contributed by atoms with Crippen LogP contribution < -0.4 is 10.1 Å². The Morgan fingerprint density at radius 2 is 1.47 bits per heavy atom. The lowest BCUT2D eigenvalue weighted by molar-refractivity contribution is -0.133. The molecule has 43 heavy (non-hydrogen) atoms. The van der Waals surface area contributed by atoms with Crippen LogP contribution in [0, 0.1) is 0 Å².